The summed E-state index contributed by atoms with van der Waals surface area (Å²) >= 11 is 0. The van der Waals surface area contributed by atoms with Crippen LogP contribution in [0.15, 0.2) is 63.7 Å². The predicted molar refractivity (Wildman–Crippen MR) is 97.1 cm³/mol. The van der Waals surface area contributed by atoms with Crippen molar-refractivity contribution in [2.45, 2.75) is 11.8 Å². The Labute approximate surface area is 154 Å². The Morgan fingerprint density at radius 1 is 0.963 bits per heavy atom. The fraction of sp³-hybridized carbons (Fsp3) is 0.0556. The van der Waals surface area contributed by atoms with Crippen LogP contribution in [0.2, 0.25) is 0 Å². The van der Waals surface area contributed by atoms with Gasteiger partial charge in [-0.1, -0.05) is 35.9 Å². The number of azo groups is 1. The maximum atomic E-state index is 12.2. The number of phenolic OH excluding ortho intramolecular Hbond substituents is 2. The van der Waals surface area contributed by atoms with Crippen molar-refractivity contribution in [3.8, 4) is 11.5 Å². The van der Waals surface area contributed by atoms with Crippen LogP contribution in [0.25, 0.3) is 10.8 Å². The molecular weight excluding hydrogens is 372 g/mol. The standard InChI is InChI=1S/C18H14N2O6S/c1-10-6-7-14(21)13(8-10)18(23)20-19-17-12-5-3-2-4-11(12)16(9-15(17)22)27(24,25)26/h2-9,21-22H,1H3,(H,24,25,26). The molecule has 138 valence electrons. The van der Waals surface area contributed by atoms with Gasteiger partial charge in [-0.05, 0) is 19.1 Å². The van der Waals surface area contributed by atoms with E-state index in [-0.39, 0.29) is 27.8 Å². The van der Waals surface area contributed by atoms with E-state index in [2.05, 4.69) is 10.2 Å². The van der Waals surface area contributed by atoms with Gasteiger partial charge in [0.1, 0.15) is 22.1 Å². The van der Waals surface area contributed by atoms with E-state index in [1.54, 1.807) is 25.1 Å². The first kappa shape index (κ1) is 18.5. The molecule has 0 aliphatic carbocycles. The highest BCUT2D eigenvalue weighted by atomic mass is 32.2. The molecule has 0 aliphatic heterocycles. The van der Waals surface area contributed by atoms with E-state index in [1.807, 2.05) is 0 Å². The molecule has 9 heteroatoms. The summed E-state index contributed by atoms with van der Waals surface area (Å²) in [4.78, 5) is 11.7. The highest BCUT2D eigenvalue weighted by molar-refractivity contribution is 7.86. The van der Waals surface area contributed by atoms with E-state index in [1.165, 1.54) is 24.3 Å². The van der Waals surface area contributed by atoms with Crippen LogP contribution in [0.4, 0.5) is 5.69 Å². The largest absolute Gasteiger partial charge is 0.507 e. The second kappa shape index (κ2) is 6.78. The number of aromatic hydroxyl groups is 2. The number of carbonyl (C=O) groups excluding carboxylic acids is 1. The SMILES string of the molecule is Cc1ccc(O)c(C(=O)N=Nc2c(O)cc(S(=O)(=O)O)c3ccccc23)c1. The number of hydrogen-bond acceptors (Lipinski definition) is 6. The molecule has 3 N–H and O–H groups in total. The average molecular weight is 386 g/mol. The van der Waals surface area contributed by atoms with E-state index in [4.69, 9.17) is 0 Å². The van der Waals surface area contributed by atoms with Gasteiger partial charge in [-0.15, -0.1) is 10.2 Å². The summed E-state index contributed by atoms with van der Waals surface area (Å²) in [6.07, 6.45) is 0. The number of phenols is 2. The summed E-state index contributed by atoms with van der Waals surface area (Å²) in [7, 11) is -4.59. The first-order valence-corrected chi connectivity index (χ1v) is 9.10. The van der Waals surface area contributed by atoms with Gasteiger partial charge in [-0.2, -0.15) is 8.42 Å². The Bertz CT molecular complexity index is 1200. The number of benzene rings is 3. The van der Waals surface area contributed by atoms with Crippen molar-refractivity contribution in [1.29, 1.82) is 0 Å². The molecule has 0 atom stereocenters. The van der Waals surface area contributed by atoms with Crippen LogP contribution in [0.3, 0.4) is 0 Å². The van der Waals surface area contributed by atoms with E-state index >= 15 is 0 Å². The third-order valence-corrected chi connectivity index (χ3v) is 4.75. The first-order chi connectivity index (χ1) is 12.7. The molecule has 0 radical (unpaired) electrons. The van der Waals surface area contributed by atoms with Crippen LogP contribution in [-0.4, -0.2) is 29.1 Å². The number of rotatable bonds is 3. The van der Waals surface area contributed by atoms with E-state index < -0.39 is 26.7 Å². The summed E-state index contributed by atoms with van der Waals surface area (Å²) in [5.41, 5.74) is 0.535. The van der Waals surface area contributed by atoms with Gasteiger partial charge in [0, 0.05) is 16.8 Å². The second-order valence-electron chi connectivity index (χ2n) is 5.79. The van der Waals surface area contributed by atoms with Gasteiger partial charge >= 0.3 is 0 Å². The molecule has 3 rings (SSSR count). The van der Waals surface area contributed by atoms with Crippen molar-refractivity contribution in [3.05, 3.63) is 59.7 Å². The molecule has 1 amide bonds. The highest BCUT2D eigenvalue weighted by Gasteiger charge is 2.20. The summed E-state index contributed by atoms with van der Waals surface area (Å²) in [6, 6.07) is 11.3. The lowest BCUT2D eigenvalue weighted by Crippen LogP contribution is -1.99. The molecule has 3 aromatic rings. The first-order valence-electron chi connectivity index (χ1n) is 7.66. The fourth-order valence-corrected chi connectivity index (χ4v) is 3.32. The number of hydrogen-bond donors (Lipinski definition) is 3. The molecule has 0 bridgehead atoms. The number of nitrogens with zero attached hydrogens (tertiary/aromatic N) is 2. The molecule has 27 heavy (non-hydrogen) atoms. The second-order valence-corrected chi connectivity index (χ2v) is 7.18. The molecule has 0 aliphatic rings. The van der Waals surface area contributed by atoms with Crippen LogP contribution < -0.4 is 0 Å². The van der Waals surface area contributed by atoms with Crippen LogP contribution in [0, 0.1) is 6.92 Å². The van der Waals surface area contributed by atoms with Gasteiger partial charge in [-0.3, -0.25) is 9.35 Å². The average Bonchev–Trinajstić information content (AvgIpc) is 2.61. The zero-order valence-corrected chi connectivity index (χ0v) is 14.8. The lowest BCUT2D eigenvalue weighted by atomic mass is 10.1. The summed E-state index contributed by atoms with van der Waals surface area (Å²) in [6.45, 7) is 1.74. The van der Waals surface area contributed by atoms with Gasteiger partial charge < -0.3 is 10.2 Å². The van der Waals surface area contributed by atoms with E-state index in [0.29, 0.717) is 0 Å². The molecule has 0 unspecified atom stereocenters. The lowest BCUT2D eigenvalue weighted by Gasteiger charge is -2.08. The van der Waals surface area contributed by atoms with Gasteiger partial charge in [0.15, 0.2) is 0 Å². The van der Waals surface area contributed by atoms with Crippen molar-refractivity contribution in [2.24, 2.45) is 10.2 Å². The summed E-state index contributed by atoms with van der Waals surface area (Å²) in [5, 5.41) is 27.5. The number of amides is 1. The normalized spacial score (nSPS) is 11.9. The third-order valence-electron chi connectivity index (χ3n) is 3.86. The molecule has 0 saturated heterocycles. The number of aryl methyl sites for hydroxylation is 1. The van der Waals surface area contributed by atoms with Crippen LogP contribution in [0.5, 0.6) is 11.5 Å². The molecule has 8 nitrogen and oxygen atoms in total. The zero-order valence-electron chi connectivity index (χ0n) is 14.0. The topological polar surface area (TPSA) is 137 Å². The van der Waals surface area contributed by atoms with Crippen molar-refractivity contribution in [3.63, 3.8) is 0 Å². The van der Waals surface area contributed by atoms with Crippen molar-refractivity contribution in [2.75, 3.05) is 0 Å². The van der Waals surface area contributed by atoms with Gasteiger partial charge in [0.05, 0.1) is 5.56 Å². The van der Waals surface area contributed by atoms with Crippen LogP contribution in [-0.2, 0) is 10.1 Å². The minimum atomic E-state index is -4.59. The molecule has 0 spiro atoms. The smallest absolute Gasteiger partial charge is 0.299 e. The molecular formula is C18H14N2O6S. The van der Waals surface area contributed by atoms with E-state index in [9.17, 15) is 28.0 Å². The van der Waals surface area contributed by atoms with Gasteiger partial charge in [-0.25, -0.2) is 0 Å². The Balaban J connectivity index is 2.13. The molecule has 0 saturated carbocycles. The Morgan fingerprint density at radius 2 is 1.63 bits per heavy atom. The zero-order chi connectivity index (χ0) is 19.8. The van der Waals surface area contributed by atoms with Gasteiger partial charge in [0.25, 0.3) is 16.0 Å². The minimum absolute atomic E-state index is 0.0582. The highest BCUT2D eigenvalue weighted by Crippen LogP contribution is 2.39. The summed E-state index contributed by atoms with van der Waals surface area (Å²) in [5.74, 6) is -1.68. The quantitative estimate of drug-likeness (QED) is 0.463. The molecule has 0 heterocycles. The van der Waals surface area contributed by atoms with Crippen LogP contribution >= 0.6 is 0 Å². The maximum Gasteiger partial charge on any atom is 0.299 e. The Kier molecular flexibility index (Phi) is 4.64. The molecule has 0 aromatic heterocycles. The number of fused-ring (bicyclic) bond motifs is 1. The van der Waals surface area contributed by atoms with E-state index in [0.717, 1.165) is 11.6 Å². The van der Waals surface area contributed by atoms with Gasteiger partial charge in [0.2, 0.25) is 0 Å². The minimum Gasteiger partial charge on any atom is -0.507 e. The predicted octanol–water partition coefficient (Wildman–Crippen LogP) is 3.73. The number of carbonyl (C=O) groups is 1. The maximum absolute atomic E-state index is 12.2. The molecule has 3 aromatic carbocycles. The summed E-state index contributed by atoms with van der Waals surface area (Å²) < 4.78 is 32.4. The van der Waals surface area contributed by atoms with Crippen molar-refractivity contribution in [1.82, 2.24) is 0 Å². The van der Waals surface area contributed by atoms with Crippen molar-refractivity contribution < 1.29 is 28.0 Å². The Hall–Kier alpha value is -3.30. The molecule has 0 fully saturated rings. The van der Waals surface area contributed by atoms with Crippen molar-refractivity contribution >= 4 is 32.5 Å². The lowest BCUT2D eigenvalue weighted by molar-refractivity contribution is 0.0992. The monoisotopic (exact) mass is 386 g/mol. The fourth-order valence-electron chi connectivity index (χ4n) is 2.60. The van der Waals surface area contributed by atoms with Crippen LogP contribution in [0.1, 0.15) is 15.9 Å². The Morgan fingerprint density at radius 3 is 2.30 bits per heavy atom. The third kappa shape index (κ3) is 3.64.